The molecule has 1 amide bonds. The lowest BCUT2D eigenvalue weighted by atomic mass is 10.1. The maximum absolute atomic E-state index is 12.9. The highest BCUT2D eigenvalue weighted by Gasteiger charge is 2.23. The van der Waals surface area contributed by atoms with Gasteiger partial charge in [0.1, 0.15) is 0 Å². The standard InChI is InChI=1S/C21H19ClN2O3S/c1-28(26,27)24(15-16-9-3-2-4-10-16)20-14-8-5-11-17(20)21(25)23-19-13-7-6-12-18(19)22/h2-14H,15H2,1H3,(H,23,25). The molecule has 5 nitrogen and oxygen atoms in total. The van der Waals surface area contributed by atoms with Crippen molar-refractivity contribution in [2.24, 2.45) is 0 Å². The van der Waals surface area contributed by atoms with E-state index in [1.54, 1.807) is 48.5 Å². The maximum Gasteiger partial charge on any atom is 0.257 e. The Morgan fingerprint density at radius 2 is 1.54 bits per heavy atom. The third-order valence-corrected chi connectivity index (χ3v) is 5.56. The highest BCUT2D eigenvalue weighted by Crippen LogP contribution is 2.27. The molecule has 144 valence electrons. The lowest BCUT2D eigenvalue weighted by molar-refractivity contribution is 0.102. The van der Waals surface area contributed by atoms with Crippen LogP contribution in [0.15, 0.2) is 78.9 Å². The highest BCUT2D eigenvalue weighted by molar-refractivity contribution is 7.92. The van der Waals surface area contributed by atoms with Gasteiger partial charge in [0.25, 0.3) is 5.91 Å². The molecule has 0 aromatic heterocycles. The predicted molar refractivity (Wildman–Crippen MR) is 113 cm³/mol. The second kappa shape index (κ2) is 8.46. The molecule has 0 atom stereocenters. The molecule has 0 aliphatic heterocycles. The van der Waals surface area contributed by atoms with Gasteiger partial charge in [-0.05, 0) is 29.8 Å². The molecule has 0 fully saturated rings. The maximum atomic E-state index is 12.9. The topological polar surface area (TPSA) is 66.5 Å². The molecular weight excluding hydrogens is 396 g/mol. The van der Waals surface area contributed by atoms with Crippen molar-refractivity contribution in [1.82, 2.24) is 0 Å². The number of benzene rings is 3. The third-order valence-electron chi connectivity index (χ3n) is 4.11. The van der Waals surface area contributed by atoms with Crippen LogP contribution in [-0.4, -0.2) is 20.6 Å². The Balaban J connectivity index is 1.99. The number of amides is 1. The minimum absolute atomic E-state index is 0.121. The second-order valence-electron chi connectivity index (χ2n) is 6.21. The van der Waals surface area contributed by atoms with E-state index in [-0.39, 0.29) is 12.1 Å². The molecule has 28 heavy (non-hydrogen) atoms. The summed E-state index contributed by atoms with van der Waals surface area (Å²) in [5.41, 5.74) is 1.81. The number of halogens is 1. The molecule has 0 saturated heterocycles. The van der Waals surface area contributed by atoms with Gasteiger partial charge in [0.2, 0.25) is 10.0 Å². The van der Waals surface area contributed by atoms with Crippen LogP contribution in [0.4, 0.5) is 11.4 Å². The minimum atomic E-state index is -3.63. The smallest absolute Gasteiger partial charge is 0.257 e. The number of para-hydroxylation sites is 2. The average molecular weight is 415 g/mol. The van der Waals surface area contributed by atoms with E-state index in [2.05, 4.69) is 5.32 Å². The van der Waals surface area contributed by atoms with Crippen LogP contribution in [-0.2, 0) is 16.6 Å². The number of carbonyl (C=O) groups is 1. The number of anilines is 2. The van der Waals surface area contributed by atoms with Crippen LogP contribution in [0.1, 0.15) is 15.9 Å². The van der Waals surface area contributed by atoms with Crippen LogP contribution in [0.5, 0.6) is 0 Å². The van der Waals surface area contributed by atoms with Crippen LogP contribution in [0, 0.1) is 0 Å². The Morgan fingerprint density at radius 3 is 2.21 bits per heavy atom. The van der Waals surface area contributed by atoms with Gasteiger partial charge in [-0.1, -0.05) is 66.2 Å². The molecule has 0 unspecified atom stereocenters. The Kier molecular flexibility index (Phi) is 6.02. The molecule has 1 N–H and O–H groups in total. The Labute approximate surface area is 169 Å². The number of carbonyl (C=O) groups excluding carboxylic acids is 1. The molecule has 7 heteroatoms. The van der Waals surface area contributed by atoms with Crippen molar-refractivity contribution in [3.05, 3.63) is 95.0 Å². The first-order valence-electron chi connectivity index (χ1n) is 8.53. The quantitative estimate of drug-likeness (QED) is 0.643. The average Bonchev–Trinajstić information content (AvgIpc) is 2.68. The van der Waals surface area contributed by atoms with E-state index in [0.29, 0.717) is 16.4 Å². The summed E-state index contributed by atoms with van der Waals surface area (Å²) in [5, 5.41) is 3.15. The number of hydrogen-bond donors (Lipinski definition) is 1. The Hall–Kier alpha value is -2.83. The fourth-order valence-electron chi connectivity index (χ4n) is 2.77. The highest BCUT2D eigenvalue weighted by atomic mass is 35.5. The third kappa shape index (κ3) is 4.71. The van der Waals surface area contributed by atoms with Crippen molar-refractivity contribution in [3.8, 4) is 0 Å². The number of nitrogens with zero attached hydrogens (tertiary/aromatic N) is 1. The second-order valence-corrected chi connectivity index (χ2v) is 8.52. The summed E-state index contributed by atoms with van der Waals surface area (Å²) >= 11 is 6.12. The summed E-state index contributed by atoms with van der Waals surface area (Å²) in [6.07, 6.45) is 1.12. The summed E-state index contributed by atoms with van der Waals surface area (Å²) in [6, 6.07) is 22.7. The summed E-state index contributed by atoms with van der Waals surface area (Å²) < 4.78 is 26.2. The van der Waals surface area contributed by atoms with Gasteiger partial charge < -0.3 is 5.32 Å². The zero-order valence-corrected chi connectivity index (χ0v) is 16.7. The molecule has 0 heterocycles. The number of hydrogen-bond acceptors (Lipinski definition) is 3. The molecule has 0 aliphatic carbocycles. The van der Waals surface area contributed by atoms with E-state index >= 15 is 0 Å². The molecule has 0 spiro atoms. The molecule has 3 aromatic carbocycles. The minimum Gasteiger partial charge on any atom is -0.321 e. The number of rotatable bonds is 6. The van der Waals surface area contributed by atoms with Gasteiger partial charge in [0.05, 0.1) is 34.8 Å². The van der Waals surface area contributed by atoms with Crippen LogP contribution in [0.2, 0.25) is 5.02 Å². The lowest BCUT2D eigenvalue weighted by Crippen LogP contribution is -2.31. The number of sulfonamides is 1. The molecule has 0 radical (unpaired) electrons. The molecule has 0 aliphatic rings. The zero-order chi connectivity index (χ0) is 20.1. The lowest BCUT2D eigenvalue weighted by Gasteiger charge is -2.25. The van der Waals surface area contributed by atoms with Crippen LogP contribution in [0.3, 0.4) is 0 Å². The molecule has 0 saturated carbocycles. The van der Waals surface area contributed by atoms with Crippen molar-refractivity contribution in [3.63, 3.8) is 0 Å². The SMILES string of the molecule is CS(=O)(=O)N(Cc1ccccc1)c1ccccc1C(=O)Nc1ccccc1Cl. The first kappa shape index (κ1) is 19.9. The number of nitrogens with one attached hydrogen (secondary N) is 1. The summed E-state index contributed by atoms with van der Waals surface area (Å²) in [6.45, 7) is 0.121. The normalized spacial score (nSPS) is 11.1. The molecule has 3 rings (SSSR count). The predicted octanol–water partition coefficient (Wildman–Crippen LogP) is 4.56. The largest absolute Gasteiger partial charge is 0.321 e. The summed E-state index contributed by atoms with van der Waals surface area (Å²) in [4.78, 5) is 12.9. The zero-order valence-electron chi connectivity index (χ0n) is 15.2. The van der Waals surface area contributed by atoms with Gasteiger partial charge in [-0.25, -0.2) is 8.42 Å². The van der Waals surface area contributed by atoms with Gasteiger partial charge in [0, 0.05) is 0 Å². The van der Waals surface area contributed by atoms with E-state index < -0.39 is 15.9 Å². The van der Waals surface area contributed by atoms with E-state index in [1.165, 1.54) is 4.31 Å². The van der Waals surface area contributed by atoms with E-state index in [0.717, 1.165) is 11.8 Å². The van der Waals surface area contributed by atoms with Crippen molar-refractivity contribution in [2.75, 3.05) is 15.9 Å². The van der Waals surface area contributed by atoms with Crippen LogP contribution >= 0.6 is 11.6 Å². The summed E-state index contributed by atoms with van der Waals surface area (Å²) in [7, 11) is -3.63. The van der Waals surface area contributed by atoms with Crippen molar-refractivity contribution in [1.29, 1.82) is 0 Å². The molecular formula is C21H19ClN2O3S. The van der Waals surface area contributed by atoms with E-state index in [1.807, 2.05) is 30.3 Å². The van der Waals surface area contributed by atoms with Crippen LogP contribution in [0.25, 0.3) is 0 Å². The van der Waals surface area contributed by atoms with Crippen molar-refractivity contribution >= 4 is 38.9 Å². The fourth-order valence-corrected chi connectivity index (χ4v) is 3.85. The van der Waals surface area contributed by atoms with Gasteiger partial charge in [-0.3, -0.25) is 9.10 Å². The van der Waals surface area contributed by atoms with Crippen LogP contribution < -0.4 is 9.62 Å². The summed E-state index contributed by atoms with van der Waals surface area (Å²) in [5.74, 6) is -0.439. The first-order valence-corrected chi connectivity index (χ1v) is 10.8. The molecule has 0 bridgehead atoms. The monoisotopic (exact) mass is 414 g/mol. The van der Waals surface area contributed by atoms with Gasteiger partial charge >= 0.3 is 0 Å². The van der Waals surface area contributed by atoms with Gasteiger partial charge in [0.15, 0.2) is 0 Å². The van der Waals surface area contributed by atoms with E-state index in [4.69, 9.17) is 11.6 Å². The van der Waals surface area contributed by atoms with Gasteiger partial charge in [-0.2, -0.15) is 0 Å². The van der Waals surface area contributed by atoms with Crippen molar-refractivity contribution < 1.29 is 13.2 Å². The molecule has 3 aromatic rings. The van der Waals surface area contributed by atoms with E-state index in [9.17, 15) is 13.2 Å². The first-order chi connectivity index (χ1) is 13.4. The Morgan fingerprint density at radius 1 is 0.929 bits per heavy atom. The Bertz CT molecular complexity index is 1090. The van der Waals surface area contributed by atoms with Crippen molar-refractivity contribution in [2.45, 2.75) is 6.54 Å². The fraction of sp³-hybridized carbons (Fsp3) is 0.0952. The van der Waals surface area contributed by atoms with Gasteiger partial charge in [-0.15, -0.1) is 0 Å².